The smallest absolute Gasteiger partial charge is 0.154 e. The number of halogens is 2. The molecule has 3 nitrogen and oxygen atoms in total. The molecule has 5 heteroatoms. The molecule has 3 rings (SSSR count). The van der Waals surface area contributed by atoms with Crippen molar-refractivity contribution in [2.24, 2.45) is 5.92 Å². The number of hydrogen-bond acceptors (Lipinski definition) is 3. The molecule has 0 radical (unpaired) electrons. The summed E-state index contributed by atoms with van der Waals surface area (Å²) in [7, 11) is 3.56. The predicted octanol–water partition coefficient (Wildman–Crippen LogP) is 6.31. The molecule has 1 heterocycles. The summed E-state index contributed by atoms with van der Waals surface area (Å²) < 4.78 is 28.9. The fourth-order valence-corrected chi connectivity index (χ4v) is 3.83. The third-order valence-corrected chi connectivity index (χ3v) is 5.41. The number of pyridine rings is 1. The molecule has 0 saturated carbocycles. The van der Waals surface area contributed by atoms with E-state index in [0.29, 0.717) is 12.0 Å². The van der Waals surface area contributed by atoms with Crippen molar-refractivity contribution in [3.63, 3.8) is 0 Å². The molecule has 0 bridgehead atoms. The molecule has 1 aliphatic carbocycles. The number of rotatable bonds is 7. The molecule has 1 unspecified atom stereocenters. The van der Waals surface area contributed by atoms with E-state index in [-0.39, 0.29) is 0 Å². The van der Waals surface area contributed by atoms with Gasteiger partial charge in [0.25, 0.3) is 0 Å². The average molecular weight is 434 g/mol. The highest BCUT2D eigenvalue weighted by molar-refractivity contribution is 5.83. The number of aryl methyl sites for hydroxylation is 2. The van der Waals surface area contributed by atoms with Gasteiger partial charge in [0.1, 0.15) is 5.83 Å². The van der Waals surface area contributed by atoms with Crippen molar-refractivity contribution in [3.05, 3.63) is 107 Å². The maximum absolute atomic E-state index is 14.8. The van der Waals surface area contributed by atoms with Gasteiger partial charge in [0.15, 0.2) is 5.83 Å². The minimum Gasteiger partial charge on any atom is -0.394 e. The second kappa shape index (κ2) is 10.7. The van der Waals surface area contributed by atoms with Gasteiger partial charge < -0.3 is 10.6 Å². The second-order valence-electron chi connectivity index (χ2n) is 7.73. The summed E-state index contributed by atoms with van der Waals surface area (Å²) in [4.78, 5) is 4.63. The summed E-state index contributed by atoms with van der Waals surface area (Å²) in [5.74, 6) is -2.29. The molecular formula is C27H29F2N3. The van der Waals surface area contributed by atoms with Gasteiger partial charge in [0.05, 0.1) is 0 Å². The molecule has 1 atom stereocenters. The molecule has 166 valence electrons. The summed E-state index contributed by atoms with van der Waals surface area (Å²) in [6.07, 6.45) is 12.3. The minimum absolute atomic E-state index is 0.379. The molecule has 32 heavy (non-hydrogen) atoms. The SMILES string of the molecule is CN\C=C/C=C(\C(=C\NC)C1CC=CC(F)=C1F)c1cnc(C)c(-c2cccc(C)c2)c1. The van der Waals surface area contributed by atoms with Crippen molar-refractivity contribution in [1.82, 2.24) is 15.6 Å². The molecule has 1 aromatic heterocycles. The largest absolute Gasteiger partial charge is 0.394 e. The number of nitrogens with one attached hydrogen (secondary N) is 2. The van der Waals surface area contributed by atoms with Crippen LogP contribution in [0.1, 0.15) is 23.2 Å². The Morgan fingerprint density at radius 2 is 1.94 bits per heavy atom. The van der Waals surface area contributed by atoms with Gasteiger partial charge in [-0.3, -0.25) is 4.98 Å². The third-order valence-electron chi connectivity index (χ3n) is 5.41. The highest BCUT2D eigenvalue weighted by Gasteiger charge is 2.27. The predicted molar refractivity (Wildman–Crippen MR) is 129 cm³/mol. The van der Waals surface area contributed by atoms with Crippen molar-refractivity contribution < 1.29 is 8.78 Å². The van der Waals surface area contributed by atoms with E-state index in [2.05, 4.69) is 46.8 Å². The monoisotopic (exact) mass is 433 g/mol. The highest BCUT2D eigenvalue weighted by Crippen LogP contribution is 2.40. The number of aromatic nitrogens is 1. The van der Waals surface area contributed by atoms with Crippen molar-refractivity contribution in [3.8, 4) is 11.1 Å². The van der Waals surface area contributed by atoms with Gasteiger partial charge in [-0.25, -0.2) is 8.78 Å². The van der Waals surface area contributed by atoms with Gasteiger partial charge in [0.2, 0.25) is 0 Å². The Labute approximate surface area is 189 Å². The first kappa shape index (κ1) is 23.2. The Morgan fingerprint density at radius 3 is 2.66 bits per heavy atom. The molecule has 2 N–H and O–H groups in total. The summed E-state index contributed by atoms with van der Waals surface area (Å²) in [6.45, 7) is 4.03. The lowest BCUT2D eigenvalue weighted by Gasteiger charge is -2.23. The Balaban J connectivity index is 2.17. The molecule has 0 fully saturated rings. The molecule has 0 amide bonds. The summed E-state index contributed by atoms with van der Waals surface area (Å²) in [6, 6.07) is 10.3. The van der Waals surface area contributed by atoms with Gasteiger partial charge in [-0.1, -0.05) is 42.0 Å². The standard InChI is InChI=1S/C27H29F2N3/c1-18-8-5-9-20(14-18)24-15-21(16-32-19(24)2)22(11-7-13-30-3)25(17-31-4)23-10-6-12-26(28)27(23)29/h5-9,11-17,23,30-31H,10H2,1-4H3/b13-7-,22-11-,25-17-. The molecule has 0 saturated heterocycles. The Morgan fingerprint density at radius 1 is 1.12 bits per heavy atom. The maximum Gasteiger partial charge on any atom is 0.154 e. The molecular weight excluding hydrogens is 404 g/mol. The van der Waals surface area contributed by atoms with Gasteiger partial charge in [-0.05, 0) is 61.4 Å². The van der Waals surface area contributed by atoms with Crippen molar-refractivity contribution in [1.29, 1.82) is 0 Å². The van der Waals surface area contributed by atoms with E-state index in [1.807, 2.05) is 25.1 Å². The van der Waals surface area contributed by atoms with Gasteiger partial charge in [-0.15, -0.1) is 0 Å². The van der Waals surface area contributed by atoms with Crippen LogP contribution in [-0.4, -0.2) is 19.1 Å². The fraction of sp³-hybridized carbons (Fsp3) is 0.222. The first-order chi connectivity index (χ1) is 15.5. The van der Waals surface area contributed by atoms with E-state index in [9.17, 15) is 8.78 Å². The number of nitrogens with zero attached hydrogens (tertiary/aromatic N) is 1. The Hall–Kier alpha value is -3.47. The van der Waals surface area contributed by atoms with E-state index in [4.69, 9.17) is 0 Å². The molecule has 1 aromatic carbocycles. The van der Waals surface area contributed by atoms with Gasteiger partial charge >= 0.3 is 0 Å². The van der Waals surface area contributed by atoms with Crippen LogP contribution in [0, 0.1) is 19.8 Å². The van der Waals surface area contributed by atoms with Crippen LogP contribution in [0.25, 0.3) is 16.7 Å². The maximum atomic E-state index is 14.8. The normalized spacial score (nSPS) is 17.2. The molecule has 0 spiro atoms. The summed E-state index contributed by atoms with van der Waals surface area (Å²) >= 11 is 0. The molecule has 0 aliphatic heterocycles. The van der Waals surface area contributed by atoms with Crippen LogP contribution in [0.3, 0.4) is 0 Å². The third kappa shape index (κ3) is 5.22. The highest BCUT2D eigenvalue weighted by atomic mass is 19.2. The minimum atomic E-state index is -0.823. The Kier molecular flexibility index (Phi) is 7.77. The van der Waals surface area contributed by atoms with Crippen molar-refractivity contribution in [2.75, 3.05) is 14.1 Å². The van der Waals surface area contributed by atoms with E-state index in [1.165, 1.54) is 6.08 Å². The van der Waals surface area contributed by atoms with Crippen LogP contribution < -0.4 is 10.6 Å². The molecule has 1 aliphatic rings. The van der Waals surface area contributed by atoms with Gasteiger partial charge in [-0.2, -0.15) is 0 Å². The van der Waals surface area contributed by atoms with Crippen molar-refractivity contribution >= 4 is 5.57 Å². The van der Waals surface area contributed by atoms with Gasteiger partial charge in [0, 0.05) is 49.2 Å². The van der Waals surface area contributed by atoms with Crippen molar-refractivity contribution in [2.45, 2.75) is 20.3 Å². The summed E-state index contributed by atoms with van der Waals surface area (Å²) in [5, 5.41) is 5.97. The second-order valence-corrected chi connectivity index (χ2v) is 7.73. The number of benzene rings is 1. The zero-order valence-electron chi connectivity index (χ0n) is 18.9. The van der Waals surface area contributed by atoms with Crippen LogP contribution in [0.15, 0.2) is 90.5 Å². The zero-order chi connectivity index (χ0) is 23.1. The topological polar surface area (TPSA) is 37.0 Å². The van der Waals surface area contributed by atoms with Crippen LogP contribution in [0.2, 0.25) is 0 Å². The lowest BCUT2D eigenvalue weighted by Crippen LogP contribution is -2.13. The molecule has 2 aromatic rings. The average Bonchev–Trinajstić information content (AvgIpc) is 2.78. The fourth-order valence-electron chi connectivity index (χ4n) is 3.83. The lowest BCUT2D eigenvalue weighted by molar-refractivity contribution is 0.461. The first-order valence-corrected chi connectivity index (χ1v) is 10.6. The Bertz CT molecular complexity index is 1120. The number of allylic oxidation sites excluding steroid dienone is 8. The van der Waals surface area contributed by atoms with E-state index >= 15 is 0 Å². The summed E-state index contributed by atoms with van der Waals surface area (Å²) in [5.41, 5.74) is 6.40. The van der Waals surface area contributed by atoms with E-state index in [1.54, 1.807) is 38.8 Å². The zero-order valence-corrected chi connectivity index (χ0v) is 18.9. The quantitative estimate of drug-likeness (QED) is 0.502. The van der Waals surface area contributed by atoms with Crippen LogP contribution >= 0.6 is 0 Å². The number of hydrogen-bond donors (Lipinski definition) is 2. The van der Waals surface area contributed by atoms with E-state index in [0.717, 1.165) is 33.5 Å². The van der Waals surface area contributed by atoms with Crippen LogP contribution in [0.4, 0.5) is 8.78 Å². The van der Waals surface area contributed by atoms with Crippen LogP contribution in [-0.2, 0) is 0 Å². The first-order valence-electron chi connectivity index (χ1n) is 10.6. The van der Waals surface area contributed by atoms with Crippen LogP contribution in [0.5, 0.6) is 0 Å². The van der Waals surface area contributed by atoms with E-state index < -0.39 is 17.6 Å². The lowest BCUT2D eigenvalue weighted by atomic mass is 9.83.